The highest BCUT2D eigenvalue weighted by Gasteiger charge is 2.51. The monoisotopic (exact) mass is 421 g/mol. The predicted molar refractivity (Wildman–Crippen MR) is 114 cm³/mol. The van der Waals surface area contributed by atoms with E-state index in [4.69, 9.17) is 19.4 Å². The number of benzene rings is 2. The average molecular weight is 421 g/mol. The van der Waals surface area contributed by atoms with Crippen molar-refractivity contribution in [1.82, 2.24) is 4.57 Å². The molecular formula is C23H23N3O5. The molecule has 0 saturated carbocycles. The summed E-state index contributed by atoms with van der Waals surface area (Å²) in [6.07, 6.45) is 2.11. The summed E-state index contributed by atoms with van der Waals surface area (Å²) in [7, 11) is 3.08. The Balaban J connectivity index is 2.00. The number of aliphatic hydroxyl groups excluding tert-OH is 1. The number of rotatable bonds is 6. The van der Waals surface area contributed by atoms with Crippen molar-refractivity contribution >= 4 is 17.1 Å². The van der Waals surface area contributed by atoms with Crippen LogP contribution in [0.2, 0.25) is 0 Å². The molecule has 3 aromatic rings. The van der Waals surface area contributed by atoms with Crippen molar-refractivity contribution < 1.29 is 24.5 Å². The molecule has 2 heterocycles. The fourth-order valence-electron chi connectivity index (χ4n) is 4.37. The van der Waals surface area contributed by atoms with Crippen LogP contribution in [0.15, 0.2) is 53.8 Å². The van der Waals surface area contributed by atoms with E-state index in [0.29, 0.717) is 22.4 Å². The van der Waals surface area contributed by atoms with Gasteiger partial charge in [0.25, 0.3) is 0 Å². The molecule has 1 aliphatic rings. The van der Waals surface area contributed by atoms with Gasteiger partial charge in [-0.05, 0) is 24.3 Å². The van der Waals surface area contributed by atoms with Gasteiger partial charge in [0.2, 0.25) is 0 Å². The van der Waals surface area contributed by atoms with Gasteiger partial charge in [-0.25, -0.2) is 0 Å². The van der Waals surface area contributed by atoms with E-state index in [0.717, 1.165) is 10.9 Å². The van der Waals surface area contributed by atoms with Crippen LogP contribution in [0.3, 0.4) is 0 Å². The zero-order chi connectivity index (χ0) is 22.0. The Bertz CT molecular complexity index is 1160. The van der Waals surface area contributed by atoms with Crippen LogP contribution >= 0.6 is 0 Å². The molecular weight excluding hydrogens is 398 g/mol. The molecule has 2 atom stereocenters. The lowest BCUT2D eigenvalue weighted by molar-refractivity contribution is -0.147. The highest BCUT2D eigenvalue weighted by atomic mass is 16.6. The molecule has 0 radical (unpaired) electrons. The van der Waals surface area contributed by atoms with Crippen molar-refractivity contribution in [3.05, 3.63) is 65.4 Å². The van der Waals surface area contributed by atoms with E-state index in [1.165, 1.54) is 20.4 Å². The van der Waals surface area contributed by atoms with Crippen LogP contribution in [0.1, 0.15) is 22.7 Å². The molecule has 0 saturated heterocycles. The summed E-state index contributed by atoms with van der Waals surface area (Å²) in [6, 6.07) is 14.3. The summed E-state index contributed by atoms with van der Waals surface area (Å²) in [4.78, 5) is 0. The minimum Gasteiger partial charge on any atom is -0.479 e. The number of para-hydroxylation sites is 1. The molecule has 1 aromatic heterocycles. The molecule has 31 heavy (non-hydrogen) atoms. The summed E-state index contributed by atoms with van der Waals surface area (Å²) >= 11 is 0. The van der Waals surface area contributed by atoms with Crippen molar-refractivity contribution in [1.29, 1.82) is 5.26 Å². The third-order valence-corrected chi connectivity index (χ3v) is 5.65. The number of methoxy groups -OCH3 is 2. The Hall–Kier alpha value is -3.38. The topological polar surface area (TPSA) is 109 Å². The minimum atomic E-state index is -1.16. The summed E-state index contributed by atoms with van der Waals surface area (Å²) in [5, 5.41) is 34.2. The number of nitriles is 1. The standard InChI is InChI=1S/C23H23N3O5/c1-29-13-23(14-30-2)22(27)21(18-9-15(10-24)7-8-20(18)31-23)26-12-16(11-25-28)17-5-3-4-6-19(17)26/h3-9,11-12,21-22,27-28H,13-14H2,1-2H3/b25-11-/t21-,22+/m1/s1. The van der Waals surface area contributed by atoms with Gasteiger partial charge in [-0.15, -0.1) is 0 Å². The summed E-state index contributed by atoms with van der Waals surface area (Å²) in [5.74, 6) is 0.540. The SMILES string of the molecule is COCC1(COC)Oc2ccc(C#N)cc2[C@@H](n2cc(/C=N\O)c3ccccc32)[C@@H]1O. The molecule has 2 N–H and O–H groups in total. The first-order valence-electron chi connectivity index (χ1n) is 9.74. The number of aromatic nitrogens is 1. The van der Waals surface area contributed by atoms with E-state index < -0.39 is 17.7 Å². The van der Waals surface area contributed by atoms with Gasteiger partial charge in [0.05, 0.1) is 37.1 Å². The first-order valence-corrected chi connectivity index (χ1v) is 9.74. The zero-order valence-corrected chi connectivity index (χ0v) is 17.2. The van der Waals surface area contributed by atoms with Gasteiger partial charge >= 0.3 is 0 Å². The van der Waals surface area contributed by atoms with Crippen molar-refractivity contribution in [2.24, 2.45) is 5.16 Å². The molecule has 0 unspecified atom stereocenters. The van der Waals surface area contributed by atoms with Crippen LogP contribution in [0.25, 0.3) is 10.9 Å². The van der Waals surface area contributed by atoms with Gasteiger partial charge in [0.1, 0.15) is 11.9 Å². The maximum absolute atomic E-state index is 11.6. The number of aliphatic hydroxyl groups is 1. The second-order valence-corrected chi connectivity index (χ2v) is 7.54. The zero-order valence-electron chi connectivity index (χ0n) is 17.2. The van der Waals surface area contributed by atoms with E-state index in [-0.39, 0.29) is 13.2 Å². The van der Waals surface area contributed by atoms with Crippen LogP contribution in [0.5, 0.6) is 5.75 Å². The van der Waals surface area contributed by atoms with E-state index in [1.807, 2.05) is 35.0 Å². The molecule has 0 spiro atoms. The molecule has 0 bridgehead atoms. The molecule has 4 rings (SSSR count). The average Bonchev–Trinajstić information content (AvgIpc) is 3.13. The normalized spacial score (nSPS) is 19.8. The number of hydrogen-bond acceptors (Lipinski definition) is 7. The van der Waals surface area contributed by atoms with Crippen LogP contribution in [0, 0.1) is 11.3 Å². The van der Waals surface area contributed by atoms with Crippen molar-refractivity contribution in [2.45, 2.75) is 17.7 Å². The maximum atomic E-state index is 11.6. The third-order valence-electron chi connectivity index (χ3n) is 5.65. The highest BCUT2D eigenvalue weighted by Crippen LogP contribution is 2.44. The van der Waals surface area contributed by atoms with Crippen molar-refractivity contribution in [3.63, 3.8) is 0 Å². The Kier molecular flexibility index (Phi) is 5.65. The van der Waals surface area contributed by atoms with Crippen molar-refractivity contribution in [3.8, 4) is 11.8 Å². The number of fused-ring (bicyclic) bond motifs is 2. The first kappa shape index (κ1) is 20.9. The number of ether oxygens (including phenoxy) is 3. The van der Waals surface area contributed by atoms with Gasteiger partial charge < -0.3 is 29.1 Å². The fourth-order valence-corrected chi connectivity index (χ4v) is 4.37. The molecule has 8 heteroatoms. The van der Waals surface area contributed by atoms with Gasteiger partial charge in [-0.2, -0.15) is 5.26 Å². The van der Waals surface area contributed by atoms with E-state index >= 15 is 0 Å². The molecule has 0 fully saturated rings. The summed E-state index contributed by atoms with van der Waals surface area (Å²) in [5.41, 5.74) is 1.49. The van der Waals surface area contributed by atoms with Crippen LogP contribution in [-0.2, 0) is 9.47 Å². The summed E-state index contributed by atoms with van der Waals surface area (Å²) < 4.78 is 19.0. The van der Waals surface area contributed by atoms with E-state index in [9.17, 15) is 10.4 Å². The predicted octanol–water partition coefficient (Wildman–Crippen LogP) is 2.70. The lowest BCUT2D eigenvalue weighted by Gasteiger charge is -2.46. The van der Waals surface area contributed by atoms with E-state index in [2.05, 4.69) is 11.2 Å². The molecule has 0 amide bonds. The number of hydrogen-bond donors (Lipinski definition) is 2. The first-order chi connectivity index (χ1) is 15.1. The molecule has 2 aromatic carbocycles. The third kappa shape index (κ3) is 3.43. The molecule has 1 aliphatic heterocycles. The molecule has 8 nitrogen and oxygen atoms in total. The minimum absolute atomic E-state index is 0.0993. The summed E-state index contributed by atoms with van der Waals surface area (Å²) in [6.45, 7) is 0.199. The van der Waals surface area contributed by atoms with E-state index in [1.54, 1.807) is 18.2 Å². The highest BCUT2D eigenvalue weighted by molar-refractivity contribution is 5.99. The van der Waals surface area contributed by atoms with Crippen LogP contribution in [-0.4, -0.2) is 60.2 Å². The number of oxime groups is 1. The van der Waals surface area contributed by atoms with Gasteiger partial charge in [0, 0.05) is 42.4 Å². The smallest absolute Gasteiger partial charge is 0.183 e. The van der Waals surface area contributed by atoms with Gasteiger partial charge in [0.15, 0.2) is 5.60 Å². The second-order valence-electron chi connectivity index (χ2n) is 7.54. The van der Waals surface area contributed by atoms with Gasteiger partial charge in [-0.1, -0.05) is 23.4 Å². The Morgan fingerprint density at radius 2 is 1.97 bits per heavy atom. The van der Waals surface area contributed by atoms with Crippen molar-refractivity contribution in [2.75, 3.05) is 27.4 Å². The van der Waals surface area contributed by atoms with Gasteiger partial charge in [-0.3, -0.25) is 0 Å². The Morgan fingerprint density at radius 1 is 1.23 bits per heavy atom. The largest absolute Gasteiger partial charge is 0.479 e. The Labute approximate surface area is 179 Å². The van der Waals surface area contributed by atoms with Crippen LogP contribution < -0.4 is 4.74 Å². The molecule has 0 aliphatic carbocycles. The molecule has 160 valence electrons. The maximum Gasteiger partial charge on any atom is 0.183 e. The lowest BCUT2D eigenvalue weighted by atomic mass is 9.84. The quantitative estimate of drug-likeness (QED) is 0.360. The lowest BCUT2D eigenvalue weighted by Crippen LogP contribution is -2.60. The fraction of sp³-hybridized carbons (Fsp3) is 0.304. The number of nitrogens with zero attached hydrogens (tertiary/aromatic N) is 3. The Morgan fingerprint density at radius 3 is 2.65 bits per heavy atom. The second kappa shape index (κ2) is 8.40. The van der Waals surface area contributed by atoms with Crippen LogP contribution in [0.4, 0.5) is 0 Å².